The number of anilines is 2. The molecule has 0 aromatic heterocycles. The number of benzene rings is 3. The van der Waals surface area contributed by atoms with Gasteiger partial charge in [0.05, 0.1) is 16.7 Å². The highest BCUT2D eigenvalue weighted by atomic mass is 16.4. The van der Waals surface area contributed by atoms with Crippen LogP contribution in [-0.4, -0.2) is 40.2 Å². The van der Waals surface area contributed by atoms with E-state index < -0.39 is 11.9 Å². The molecule has 0 radical (unpaired) electrons. The fourth-order valence-corrected chi connectivity index (χ4v) is 3.20. The van der Waals surface area contributed by atoms with Gasteiger partial charge in [-0.25, -0.2) is 9.59 Å². The van der Waals surface area contributed by atoms with Gasteiger partial charge in [-0.3, -0.25) is 4.79 Å². The number of carboxylic acid groups (broad SMARTS) is 2. The van der Waals surface area contributed by atoms with Gasteiger partial charge in [0.2, 0.25) is 0 Å². The van der Waals surface area contributed by atoms with Crippen LogP contribution in [0.3, 0.4) is 0 Å². The minimum Gasteiger partial charge on any atom is -0.507 e. The molecule has 3 aromatic rings. The molecule has 180 valence electrons. The number of rotatable bonds is 7. The highest BCUT2D eigenvalue weighted by Gasteiger charge is 2.17. The van der Waals surface area contributed by atoms with Crippen molar-refractivity contribution in [2.75, 3.05) is 17.7 Å². The van der Waals surface area contributed by atoms with Gasteiger partial charge in [0.15, 0.2) is 0 Å². The summed E-state index contributed by atoms with van der Waals surface area (Å²) >= 11 is 0. The zero-order valence-electron chi connectivity index (χ0n) is 19.3. The van der Waals surface area contributed by atoms with E-state index in [2.05, 4.69) is 23.8 Å². The molecule has 1 amide bonds. The second-order valence-electron chi connectivity index (χ2n) is 7.29. The molecule has 0 saturated heterocycles. The minimum atomic E-state index is -1.15. The molecule has 5 N–H and O–H groups in total. The molecule has 0 bridgehead atoms. The minimum absolute atomic E-state index is 0.0380. The number of aromatic hydroxyl groups is 1. The molecule has 0 aliphatic carbocycles. The lowest BCUT2D eigenvalue weighted by Gasteiger charge is -2.13. The van der Waals surface area contributed by atoms with Crippen molar-refractivity contribution in [3.63, 3.8) is 0 Å². The van der Waals surface area contributed by atoms with Gasteiger partial charge in [0.25, 0.3) is 5.91 Å². The Kier molecular flexibility index (Phi) is 8.94. The lowest BCUT2D eigenvalue weighted by atomic mass is 9.96. The molecule has 0 atom stereocenters. The van der Waals surface area contributed by atoms with Gasteiger partial charge < -0.3 is 26.0 Å². The monoisotopic (exact) mass is 474 g/mol. The summed E-state index contributed by atoms with van der Waals surface area (Å²) in [4.78, 5) is 33.6. The summed E-state index contributed by atoms with van der Waals surface area (Å²) in [6.07, 6.45) is 3.29. The maximum atomic E-state index is 12.3. The summed E-state index contributed by atoms with van der Waals surface area (Å²) in [5.41, 5.74) is 3.41. The van der Waals surface area contributed by atoms with E-state index in [0.29, 0.717) is 16.9 Å². The Hall–Kier alpha value is -4.85. The summed E-state index contributed by atoms with van der Waals surface area (Å²) < 4.78 is 0. The van der Waals surface area contributed by atoms with Crippen molar-refractivity contribution in [3.8, 4) is 5.75 Å². The van der Waals surface area contributed by atoms with Crippen molar-refractivity contribution >= 4 is 41.4 Å². The molecule has 0 fully saturated rings. The molecular weight excluding hydrogens is 448 g/mol. The highest BCUT2D eigenvalue weighted by Crippen LogP contribution is 2.30. The van der Waals surface area contributed by atoms with Crippen LogP contribution in [0, 0.1) is 6.92 Å². The van der Waals surface area contributed by atoms with Crippen LogP contribution in [-0.2, 0) is 0 Å². The van der Waals surface area contributed by atoms with Crippen LogP contribution in [0.2, 0.25) is 0 Å². The molecule has 35 heavy (non-hydrogen) atoms. The van der Waals surface area contributed by atoms with Crippen LogP contribution in [0.15, 0.2) is 67.8 Å². The van der Waals surface area contributed by atoms with E-state index in [1.54, 1.807) is 44.3 Å². The zero-order valence-corrected chi connectivity index (χ0v) is 19.3. The summed E-state index contributed by atoms with van der Waals surface area (Å²) in [7, 11) is 1.59. The van der Waals surface area contributed by atoms with Crippen molar-refractivity contribution in [3.05, 3.63) is 101 Å². The van der Waals surface area contributed by atoms with E-state index in [1.165, 1.54) is 12.1 Å². The molecule has 0 spiro atoms. The normalized spacial score (nSPS) is 9.77. The van der Waals surface area contributed by atoms with Gasteiger partial charge in [0, 0.05) is 18.4 Å². The third-order valence-corrected chi connectivity index (χ3v) is 5.04. The van der Waals surface area contributed by atoms with Crippen molar-refractivity contribution in [1.29, 1.82) is 0 Å². The standard InChI is InChI=1S/C18H17NO2.C9H9NO4/c1-4-13-11-16(17(20)12(3)15(13)5-2)18(21)19-14-9-7-6-8-10-14;1-10-7-3-5(8(11)12)2-6(4-7)9(13)14/h4-11,20H,1-2H2,3H3,(H,19,21);2-4,10H,1H3,(H,11,12)(H,13,14). The Balaban J connectivity index is 0.000000269. The van der Waals surface area contributed by atoms with Gasteiger partial charge in [-0.1, -0.05) is 43.5 Å². The van der Waals surface area contributed by atoms with Crippen molar-refractivity contribution in [2.24, 2.45) is 0 Å². The summed E-state index contributed by atoms with van der Waals surface area (Å²) in [6, 6.07) is 14.6. The second-order valence-corrected chi connectivity index (χ2v) is 7.29. The maximum Gasteiger partial charge on any atom is 0.335 e. The lowest BCUT2D eigenvalue weighted by Crippen LogP contribution is -2.13. The number of hydrogen-bond acceptors (Lipinski definition) is 5. The molecular formula is C27H26N2O6. The van der Waals surface area contributed by atoms with Crippen LogP contribution < -0.4 is 10.6 Å². The van der Waals surface area contributed by atoms with Crippen molar-refractivity contribution in [2.45, 2.75) is 6.92 Å². The Morgan fingerprint density at radius 3 is 1.89 bits per heavy atom. The molecule has 0 heterocycles. The molecule has 3 rings (SSSR count). The molecule has 0 aliphatic rings. The van der Waals surface area contributed by atoms with Crippen molar-refractivity contribution in [1.82, 2.24) is 0 Å². The Morgan fingerprint density at radius 1 is 0.857 bits per heavy atom. The van der Waals surface area contributed by atoms with Crippen LogP contribution >= 0.6 is 0 Å². The van der Waals surface area contributed by atoms with E-state index in [1.807, 2.05) is 18.2 Å². The number of carbonyl (C=O) groups is 3. The maximum absolute atomic E-state index is 12.3. The van der Waals surface area contributed by atoms with E-state index in [-0.39, 0.29) is 28.3 Å². The van der Waals surface area contributed by atoms with E-state index in [4.69, 9.17) is 10.2 Å². The largest absolute Gasteiger partial charge is 0.507 e. The van der Waals surface area contributed by atoms with E-state index in [0.717, 1.165) is 17.2 Å². The Bertz CT molecular complexity index is 1250. The number of nitrogens with one attached hydrogen (secondary N) is 2. The Labute approximate surface area is 202 Å². The second kappa shape index (κ2) is 11.9. The number of para-hydroxylation sites is 1. The van der Waals surface area contributed by atoms with Gasteiger partial charge >= 0.3 is 11.9 Å². The molecule has 8 nitrogen and oxygen atoms in total. The van der Waals surface area contributed by atoms with Crippen LogP contribution in [0.1, 0.15) is 47.8 Å². The smallest absolute Gasteiger partial charge is 0.335 e. The quantitative estimate of drug-likeness (QED) is 0.311. The fourth-order valence-electron chi connectivity index (χ4n) is 3.20. The zero-order chi connectivity index (χ0) is 26.1. The fraction of sp³-hybridized carbons (Fsp3) is 0.0741. The van der Waals surface area contributed by atoms with Crippen LogP contribution in [0.4, 0.5) is 11.4 Å². The van der Waals surface area contributed by atoms with E-state index in [9.17, 15) is 19.5 Å². The number of phenolic OH excluding ortho intramolecular Hbond substituents is 1. The predicted molar refractivity (Wildman–Crippen MR) is 137 cm³/mol. The van der Waals surface area contributed by atoms with Gasteiger partial charge in [-0.15, -0.1) is 0 Å². The first-order valence-corrected chi connectivity index (χ1v) is 10.4. The first-order chi connectivity index (χ1) is 16.6. The topological polar surface area (TPSA) is 136 Å². The van der Waals surface area contributed by atoms with Crippen molar-refractivity contribution < 1.29 is 29.7 Å². The predicted octanol–water partition coefficient (Wildman–Crippen LogP) is 5.36. The first kappa shape index (κ1) is 26.4. The van der Waals surface area contributed by atoms with Gasteiger partial charge in [0.1, 0.15) is 5.75 Å². The van der Waals surface area contributed by atoms with Crippen LogP contribution in [0.5, 0.6) is 5.75 Å². The third-order valence-electron chi connectivity index (χ3n) is 5.04. The number of carboxylic acids is 2. The highest BCUT2D eigenvalue weighted by molar-refractivity contribution is 6.07. The van der Waals surface area contributed by atoms with Gasteiger partial charge in [-0.05, 0) is 60.0 Å². The number of carbonyl (C=O) groups excluding carboxylic acids is 1. The van der Waals surface area contributed by atoms with Crippen LogP contribution in [0.25, 0.3) is 12.2 Å². The molecule has 3 aromatic carbocycles. The number of phenols is 1. The molecule has 0 saturated carbocycles. The summed E-state index contributed by atoms with van der Waals surface area (Å²) in [5.74, 6) is -2.70. The molecule has 0 aliphatic heterocycles. The molecule has 8 heteroatoms. The SMILES string of the molecule is C=Cc1cc(C(=O)Nc2ccccc2)c(O)c(C)c1C=C.CNc1cc(C(=O)O)cc(C(=O)O)c1. The number of hydrogen-bond donors (Lipinski definition) is 5. The average molecular weight is 475 g/mol. The number of aromatic carboxylic acids is 2. The number of amides is 1. The average Bonchev–Trinajstić information content (AvgIpc) is 2.85. The van der Waals surface area contributed by atoms with E-state index >= 15 is 0 Å². The summed E-state index contributed by atoms with van der Waals surface area (Å²) in [5, 5.41) is 33.1. The Morgan fingerprint density at radius 2 is 1.43 bits per heavy atom. The summed E-state index contributed by atoms with van der Waals surface area (Å²) in [6.45, 7) is 9.21. The first-order valence-electron chi connectivity index (χ1n) is 10.4. The third kappa shape index (κ3) is 6.58. The van der Waals surface area contributed by atoms with Gasteiger partial charge in [-0.2, -0.15) is 0 Å². The lowest BCUT2D eigenvalue weighted by molar-refractivity contribution is 0.0696. The molecule has 0 unspecified atom stereocenters.